The van der Waals surface area contributed by atoms with E-state index in [1.807, 2.05) is 71.5 Å². The summed E-state index contributed by atoms with van der Waals surface area (Å²) in [6.07, 6.45) is 1.15. The molecule has 4 aromatic heterocycles. The lowest BCUT2D eigenvalue weighted by Gasteiger charge is -2.13. The van der Waals surface area contributed by atoms with Gasteiger partial charge in [0.25, 0.3) is 0 Å². The number of benzene rings is 2. The van der Waals surface area contributed by atoms with Gasteiger partial charge in [-0.2, -0.15) is 0 Å². The van der Waals surface area contributed by atoms with Crippen molar-refractivity contribution >= 4 is 68.9 Å². The van der Waals surface area contributed by atoms with Gasteiger partial charge in [-0.3, -0.25) is 28.7 Å². The van der Waals surface area contributed by atoms with E-state index in [0.29, 0.717) is 28.1 Å². The third kappa shape index (κ3) is 6.83. The van der Waals surface area contributed by atoms with Gasteiger partial charge in [0.2, 0.25) is 0 Å². The Bertz CT molecular complexity index is 2380. The minimum Gasteiger partial charge on any atom is -0.300 e. The van der Waals surface area contributed by atoms with E-state index in [1.54, 1.807) is 22.7 Å². The van der Waals surface area contributed by atoms with Gasteiger partial charge in [0.05, 0.1) is 11.4 Å². The third-order valence-electron chi connectivity index (χ3n) is 10.5. The molecule has 0 N–H and O–H groups in total. The van der Waals surface area contributed by atoms with Crippen LogP contribution in [0.3, 0.4) is 0 Å². The normalized spacial score (nSPS) is 16.0. The van der Waals surface area contributed by atoms with Gasteiger partial charge in [-0.25, -0.2) is 0 Å². The standard InChI is InChI=1S/C41H38Cl2N8O2S2/c1-20-22(3)54-40-34(20)36(26-10-14-28(42)15-11-26)44-32(38-48-46-24(5)50(38)40)18-30(52)8-7-9-31(53)19-33-39-49-47-25(6)51(39)41-35(21(2)23(4)55-41)37(45-33)27-12-16-29(43)17-13-27/h10-17,32-33H,7-9,18-19H2,1-6H3/t32-,33-/m0/s1. The highest BCUT2D eigenvalue weighted by Gasteiger charge is 2.34. The lowest BCUT2D eigenvalue weighted by molar-refractivity contribution is -0.120. The second-order valence-corrected chi connectivity index (χ2v) is 17.4. The molecule has 0 aliphatic carbocycles. The van der Waals surface area contributed by atoms with Crippen molar-refractivity contribution in [1.29, 1.82) is 0 Å². The second kappa shape index (κ2) is 14.8. The highest BCUT2D eigenvalue weighted by Crippen LogP contribution is 2.41. The number of thiophene rings is 2. The van der Waals surface area contributed by atoms with E-state index >= 15 is 0 Å². The molecule has 0 bridgehead atoms. The van der Waals surface area contributed by atoms with Crippen LogP contribution in [0.4, 0.5) is 0 Å². The van der Waals surface area contributed by atoms with Crippen LogP contribution in [0, 0.1) is 41.5 Å². The summed E-state index contributed by atoms with van der Waals surface area (Å²) in [5.41, 5.74) is 7.72. The van der Waals surface area contributed by atoms with Crippen molar-refractivity contribution in [3.05, 3.63) is 125 Å². The SMILES string of the molecule is Cc1sc2c(c1C)C(c1ccc(Cl)cc1)=N[C@@H](CC(=O)CCCC(=O)C[C@@H]1N=C(c3ccc(Cl)cc3)c3c(sc(C)c3C)-n3c(C)nnc31)c1nnc(C)n1-2. The van der Waals surface area contributed by atoms with Crippen molar-refractivity contribution in [1.82, 2.24) is 29.5 Å². The Balaban J connectivity index is 1.02. The summed E-state index contributed by atoms with van der Waals surface area (Å²) in [6, 6.07) is 14.2. The van der Waals surface area contributed by atoms with Gasteiger partial charge in [0.15, 0.2) is 11.6 Å². The van der Waals surface area contributed by atoms with E-state index in [-0.39, 0.29) is 37.2 Å². The van der Waals surface area contributed by atoms with Crippen molar-refractivity contribution < 1.29 is 9.59 Å². The van der Waals surface area contributed by atoms with Gasteiger partial charge in [-0.15, -0.1) is 43.1 Å². The topological polar surface area (TPSA) is 120 Å². The van der Waals surface area contributed by atoms with Crippen LogP contribution < -0.4 is 0 Å². The molecule has 0 amide bonds. The maximum Gasteiger partial charge on any atom is 0.163 e. The number of carbonyl (C=O) groups excluding carboxylic acids is 2. The fraction of sp³-hybridized carbons (Fsp3) is 0.317. The maximum absolute atomic E-state index is 13.7. The van der Waals surface area contributed by atoms with E-state index < -0.39 is 12.1 Å². The summed E-state index contributed by atoms with van der Waals surface area (Å²) in [5, 5.41) is 21.2. The van der Waals surface area contributed by atoms with Gasteiger partial charge in [-0.05, 0) is 83.4 Å². The minimum atomic E-state index is -0.552. The van der Waals surface area contributed by atoms with Crippen LogP contribution in [-0.4, -0.2) is 52.5 Å². The number of nitrogens with zero attached hydrogens (tertiary/aromatic N) is 8. The molecule has 280 valence electrons. The number of carbonyl (C=O) groups is 2. The molecule has 0 unspecified atom stereocenters. The fourth-order valence-electron chi connectivity index (χ4n) is 7.38. The summed E-state index contributed by atoms with van der Waals surface area (Å²) < 4.78 is 4.09. The van der Waals surface area contributed by atoms with Gasteiger partial charge in [-0.1, -0.05) is 47.5 Å². The largest absolute Gasteiger partial charge is 0.300 e. The molecule has 0 saturated heterocycles. The highest BCUT2D eigenvalue weighted by molar-refractivity contribution is 7.15. The monoisotopic (exact) mass is 808 g/mol. The van der Waals surface area contributed by atoms with Crippen LogP contribution >= 0.6 is 45.9 Å². The number of aromatic nitrogens is 6. The van der Waals surface area contributed by atoms with Gasteiger partial charge in [0.1, 0.15) is 45.3 Å². The Hall–Kier alpha value is -4.62. The lowest BCUT2D eigenvalue weighted by Crippen LogP contribution is -2.13. The average Bonchev–Trinajstić information content (AvgIpc) is 3.84. The Morgan fingerprint density at radius 2 is 0.982 bits per heavy atom. The Morgan fingerprint density at radius 1 is 0.600 bits per heavy atom. The quantitative estimate of drug-likeness (QED) is 0.136. The number of halogens is 2. The number of fused-ring (bicyclic) bond motifs is 6. The molecule has 0 spiro atoms. The molecule has 2 aliphatic rings. The number of ketones is 2. The molecule has 8 rings (SSSR count). The summed E-state index contributed by atoms with van der Waals surface area (Å²) >= 11 is 15.9. The molecule has 14 heteroatoms. The van der Waals surface area contributed by atoms with E-state index in [2.05, 4.69) is 48.1 Å². The number of rotatable bonds is 10. The van der Waals surface area contributed by atoms with Crippen LogP contribution in [0.5, 0.6) is 0 Å². The molecule has 2 atom stereocenters. The van der Waals surface area contributed by atoms with Crippen LogP contribution in [-0.2, 0) is 9.59 Å². The Morgan fingerprint density at radius 3 is 1.36 bits per heavy atom. The molecule has 0 radical (unpaired) electrons. The van der Waals surface area contributed by atoms with Crippen LogP contribution in [0.2, 0.25) is 10.0 Å². The predicted octanol–water partition coefficient (Wildman–Crippen LogP) is 9.70. The second-order valence-electron chi connectivity index (χ2n) is 14.1. The smallest absolute Gasteiger partial charge is 0.163 e. The van der Waals surface area contributed by atoms with Gasteiger partial charge >= 0.3 is 0 Å². The van der Waals surface area contributed by atoms with Gasteiger partial charge < -0.3 is 0 Å². The van der Waals surface area contributed by atoms with E-state index in [0.717, 1.165) is 66.5 Å². The molecule has 10 nitrogen and oxygen atoms in total. The van der Waals surface area contributed by atoms with Crippen LogP contribution in [0.15, 0.2) is 58.5 Å². The molecular weight excluding hydrogens is 772 g/mol. The molecule has 2 aliphatic heterocycles. The summed E-state index contributed by atoms with van der Waals surface area (Å²) in [4.78, 5) is 40.3. The molecule has 2 aromatic carbocycles. The Labute approximate surface area is 337 Å². The first-order chi connectivity index (χ1) is 26.4. The summed E-state index contributed by atoms with van der Waals surface area (Å²) in [7, 11) is 0. The maximum atomic E-state index is 13.7. The van der Waals surface area contributed by atoms with Crippen molar-refractivity contribution in [2.24, 2.45) is 9.98 Å². The Kier molecular flexibility index (Phi) is 10.0. The first-order valence-corrected chi connectivity index (χ1v) is 20.5. The lowest BCUT2D eigenvalue weighted by atomic mass is 9.98. The molecule has 0 saturated carbocycles. The average molecular weight is 810 g/mol. The van der Waals surface area contributed by atoms with E-state index in [4.69, 9.17) is 33.2 Å². The number of hydrogen-bond acceptors (Lipinski definition) is 10. The number of hydrogen-bond donors (Lipinski definition) is 0. The van der Waals surface area contributed by atoms with Crippen molar-refractivity contribution in [2.45, 2.75) is 85.7 Å². The third-order valence-corrected chi connectivity index (χ3v) is 13.4. The first-order valence-electron chi connectivity index (χ1n) is 18.2. The van der Waals surface area contributed by atoms with E-state index in [1.165, 1.54) is 9.75 Å². The first kappa shape index (κ1) is 37.3. The number of aliphatic imine (C=N–C) groups is 2. The zero-order valence-corrected chi connectivity index (χ0v) is 34.4. The number of Topliss-reactive ketones (excluding diaryl/α,β-unsaturated/α-hetero) is 2. The van der Waals surface area contributed by atoms with Crippen molar-refractivity contribution in [3.63, 3.8) is 0 Å². The number of aryl methyl sites for hydroxylation is 4. The molecule has 55 heavy (non-hydrogen) atoms. The van der Waals surface area contributed by atoms with Gasteiger partial charge in [0, 0.05) is 67.7 Å². The molecule has 6 aromatic rings. The predicted molar refractivity (Wildman–Crippen MR) is 220 cm³/mol. The minimum absolute atomic E-state index is 0.00512. The van der Waals surface area contributed by atoms with Crippen LogP contribution in [0.25, 0.3) is 10.0 Å². The van der Waals surface area contributed by atoms with Crippen molar-refractivity contribution in [3.8, 4) is 10.0 Å². The van der Waals surface area contributed by atoms with E-state index in [9.17, 15) is 9.59 Å². The zero-order chi connectivity index (χ0) is 38.7. The van der Waals surface area contributed by atoms with Crippen molar-refractivity contribution in [2.75, 3.05) is 0 Å². The zero-order valence-electron chi connectivity index (χ0n) is 31.3. The highest BCUT2D eigenvalue weighted by atomic mass is 35.5. The summed E-state index contributed by atoms with van der Waals surface area (Å²) in [6.45, 7) is 12.2. The molecule has 6 heterocycles. The summed E-state index contributed by atoms with van der Waals surface area (Å²) in [5.74, 6) is 2.75. The molecule has 0 fully saturated rings. The van der Waals surface area contributed by atoms with Crippen LogP contribution in [0.1, 0.15) is 111 Å². The molecular formula is C41H38Cl2N8O2S2. The fourth-order valence-corrected chi connectivity index (χ4v) is 10.1.